The number of benzene rings is 4. The number of aliphatic hydroxyl groups excluding tert-OH is 4. The zero-order valence-electron chi connectivity index (χ0n) is 26.9. The van der Waals surface area contributed by atoms with E-state index in [-0.39, 0.29) is 5.92 Å². The molecule has 0 saturated carbocycles. The first kappa shape index (κ1) is 33.6. The Balaban J connectivity index is 1.99. The van der Waals surface area contributed by atoms with Gasteiger partial charge in [0.25, 0.3) is 0 Å². The summed E-state index contributed by atoms with van der Waals surface area (Å²) in [5, 5.41) is 40.2. The Morgan fingerprint density at radius 2 is 0.682 bits per heavy atom. The molecule has 0 bridgehead atoms. The van der Waals surface area contributed by atoms with E-state index in [1.165, 1.54) is 22.3 Å². The molecule has 0 fully saturated rings. The van der Waals surface area contributed by atoms with Crippen LogP contribution >= 0.6 is 0 Å². The molecule has 4 aromatic rings. The van der Waals surface area contributed by atoms with E-state index in [0.29, 0.717) is 25.7 Å². The minimum Gasteiger partial charge on any atom is -0.393 e. The Kier molecular flexibility index (Phi) is 11.6. The van der Waals surface area contributed by atoms with Gasteiger partial charge in [0.2, 0.25) is 0 Å². The van der Waals surface area contributed by atoms with Crippen molar-refractivity contribution in [3.05, 3.63) is 142 Å². The Hall–Kier alpha value is -3.28. The molecule has 0 aliphatic carbocycles. The van der Waals surface area contributed by atoms with E-state index in [1.54, 1.807) is 0 Å². The normalized spacial score (nSPS) is 16.5. The summed E-state index contributed by atoms with van der Waals surface area (Å²) < 4.78 is 0. The smallest absolute Gasteiger partial charge is 0.0552 e. The maximum Gasteiger partial charge on any atom is 0.0552 e. The second kappa shape index (κ2) is 15.1. The summed E-state index contributed by atoms with van der Waals surface area (Å²) in [6.45, 7) is 9.51. The minimum absolute atomic E-state index is 0.0657. The predicted molar refractivity (Wildman–Crippen MR) is 180 cm³/mol. The Morgan fingerprint density at radius 1 is 0.432 bits per heavy atom. The Morgan fingerprint density at radius 3 is 0.909 bits per heavy atom. The van der Waals surface area contributed by atoms with E-state index < -0.39 is 29.8 Å². The van der Waals surface area contributed by atoms with Gasteiger partial charge in [-0.25, -0.2) is 0 Å². The molecule has 0 saturated heterocycles. The lowest BCUT2D eigenvalue weighted by molar-refractivity contribution is 0.195. The van der Waals surface area contributed by atoms with Crippen LogP contribution in [-0.4, -0.2) is 44.8 Å². The molecule has 4 nitrogen and oxygen atoms in total. The van der Waals surface area contributed by atoms with Crippen molar-refractivity contribution in [2.45, 2.75) is 102 Å². The van der Waals surface area contributed by atoms with E-state index in [9.17, 15) is 20.4 Å². The average molecular weight is 595 g/mol. The highest BCUT2D eigenvalue weighted by molar-refractivity contribution is 5.56. The summed E-state index contributed by atoms with van der Waals surface area (Å²) in [6.07, 6.45) is 1.61. The van der Waals surface area contributed by atoms with Crippen LogP contribution in [0.25, 0.3) is 0 Å². The monoisotopic (exact) mass is 594 g/mol. The molecule has 4 aromatic carbocycles. The van der Waals surface area contributed by atoms with Gasteiger partial charge in [-0.2, -0.15) is 0 Å². The molecular formula is C40H50O4. The maximum atomic E-state index is 10.1. The first-order valence-corrected chi connectivity index (χ1v) is 16.1. The van der Waals surface area contributed by atoms with Gasteiger partial charge in [0.15, 0.2) is 0 Å². The zero-order chi connectivity index (χ0) is 31.9. The van der Waals surface area contributed by atoms with Gasteiger partial charge >= 0.3 is 0 Å². The number of aliphatic hydroxyl groups is 4. The standard InChI is InChI=1S/C40H50O4/c1-6-39(35-15-7-31(8-16-35)23-27(2)41)40(36-17-9-32(10-18-36)24-28(3)42,37-19-11-33(12-20-37)25-29(4)43)38-21-13-34(14-22-38)26-30(5)44/h7-22,27-30,39,41-44H,6,23-26H2,1-5H3. The summed E-state index contributed by atoms with van der Waals surface area (Å²) in [4.78, 5) is 0. The molecule has 0 heterocycles. The molecule has 0 radical (unpaired) electrons. The van der Waals surface area contributed by atoms with Crippen molar-refractivity contribution >= 4 is 0 Å². The van der Waals surface area contributed by atoms with Crippen molar-refractivity contribution in [2.24, 2.45) is 0 Å². The molecule has 234 valence electrons. The van der Waals surface area contributed by atoms with E-state index in [4.69, 9.17) is 0 Å². The fourth-order valence-corrected chi connectivity index (χ4v) is 6.86. The average Bonchev–Trinajstić information content (AvgIpc) is 2.97. The van der Waals surface area contributed by atoms with Crippen molar-refractivity contribution in [2.75, 3.05) is 0 Å². The van der Waals surface area contributed by atoms with E-state index in [0.717, 1.165) is 28.7 Å². The third kappa shape index (κ3) is 8.05. The molecule has 0 spiro atoms. The van der Waals surface area contributed by atoms with Crippen LogP contribution in [-0.2, 0) is 31.1 Å². The van der Waals surface area contributed by atoms with Gasteiger partial charge in [-0.15, -0.1) is 0 Å². The first-order valence-electron chi connectivity index (χ1n) is 16.1. The third-order valence-electron chi connectivity index (χ3n) is 8.67. The zero-order valence-corrected chi connectivity index (χ0v) is 26.9. The molecule has 4 N–H and O–H groups in total. The quantitative estimate of drug-likeness (QED) is 0.120. The van der Waals surface area contributed by atoms with Gasteiger partial charge in [0, 0.05) is 5.92 Å². The van der Waals surface area contributed by atoms with E-state index in [1.807, 2.05) is 27.7 Å². The number of hydrogen-bond donors (Lipinski definition) is 4. The van der Waals surface area contributed by atoms with Crippen LogP contribution in [0.15, 0.2) is 97.1 Å². The second-order valence-electron chi connectivity index (χ2n) is 12.8. The minimum atomic E-state index is -0.559. The van der Waals surface area contributed by atoms with Gasteiger partial charge in [0.05, 0.1) is 29.8 Å². The summed E-state index contributed by atoms with van der Waals surface area (Å²) in [7, 11) is 0. The molecule has 4 heteroatoms. The van der Waals surface area contributed by atoms with Gasteiger partial charge in [-0.05, 0) is 104 Å². The van der Waals surface area contributed by atoms with Gasteiger partial charge in [-0.1, -0.05) is 104 Å². The van der Waals surface area contributed by atoms with Crippen molar-refractivity contribution in [1.82, 2.24) is 0 Å². The molecule has 0 aliphatic heterocycles. The molecular weight excluding hydrogens is 544 g/mol. The SMILES string of the molecule is CCC(c1ccc(CC(C)O)cc1)C(c1ccc(CC(C)O)cc1)(c1ccc(CC(C)O)cc1)c1ccc(CC(C)O)cc1. The summed E-state index contributed by atoms with van der Waals surface area (Å²) in [6, 6.07) is 34.8. The fraction of sp³-hybridized carbons (Fsp3) is 0.400. The highest BCUT2D eigenvalue weighted by atomic mass is 16.3. The Labute approximate surface area is 264 Å². The summed E-state index contributed by atoms with van der Waals surface area (Å²) >= 11 is 0. The summed E-state index contributed by atoms with van der Waals surface area (Å²) in [5.74, 6) is 0.0657. The lowest BCUT2D eigenvalue weighted by Gasteiger charge is -2.43. The van der Waals surface area contributed by atoms with Crippen LogP contribution in [0, 0.1) is 0 Å². The molecule has 5 atom stereocenters. The largest absolute Gasteiger partial charge is 0.393 e. The first-order chi connectivity index (χ1) is 21.0. The molecule has 0 aromatic heterocycles. The van der Waals surface area contributed by atoms with Gasteiger partial charge in [0.1, 0.15) is 0 Å². The predicted octanol–water partition coefficient (Wildman–Crippen LogP) is 6.91. The van der Waals surface area contributed by atoms with Crippen molar-refractivity contribution in [3.63, 3.8) is 0 Å². The van der Waals surface area contributed by atoms with Crippen LogP contribution in [0.1, 0.15) is 91.5 Å². The lowest BCUT2D eigenvalue weighted by atomic mass is 9.59. The number of rotatable bonds is 14. The van der Waals surface area contributed by atoms with Crippen LogP contribution in [0.3, 0.4) is 0 Å². The highest BCUT2D eigenvalue weighted by Gasteiger charge is 2.43. The second-order valence-corrected chi connectivity index (χ2v) is 12.8. The van der Waals surface area contributed by atoms with Gasteiger partial charge < -0.3 is 20.4 Å². The van der Waals surface area contributed by atoms with Gasteiger partial charge in [-0.3, -0.25) is 0 Å². The fourth-order valence-electron chi connectivity index (χ4n) is 6.86. The lowest BCUT2D eigenvalue weighted by Crippen LogP contribution is -2.36. The van der Waals surface area contributed by atoms with Crippen LogP contribution in [0.4, 0.5) is 0 Å². The third-order valence-corrected chi connectivity index (χ3v) is 8.67. The summed E-state index contributed by atoms with van der Waals surface area (Å²) in [5.41, 5.74) is 8.53. The van der Waals surface area contributed by atoms with Crippen LogP contribution in [0.2, 0.25) is 0 Å². The van der Waals surface area contributed by atoms with Crippen molar-refractivity contribution in [3.8, 4) is 0 Å². The molecule has 44 heavy (non-hydrogen) atoms. The topological polar surface area (TPSA) is 80.9 Å². The molecule has 5 unspecified atom stereocenters. The van der Waals surface area contributed by atoms with Crippen LogP contribution in [0.5, 0.6) is 0 Å². The van der Waals surface area contributed by atoms with Crippen molar-refractivity contribution in [1.29, 1.82) is 0 Å². The number of hydrogen-bond acceptors (Lipinski definition) is 4. The van der Waals surface area contributed by atoms with E-state index >= 15 is 0 Å². The maximum absolute atomic E-state index is 10.1. The van der Waals surface area contributed by atoms with Crippen molar-refractivity contribution < 1.29 is 20.4 Å². The molecule has 0 aliphatic rings. The highest BCUT2D eigenvalue weighted by Crippen LogP contribution is 2.51. The molecule has 4 rings (SSSR count). The molecule has 0 amide bonds. The van der Waals surface area contributed by atoms with Crippen LogP contribution < -0.4 is 0 Å². The van der Waals surface area contributed by atoms with E-state index in [2.05, 4.69) is 104 Å². The Bertz CT molecular complexity index is 1290.